The van der Waals surface area contributed by atoms with Gasteiger partial charge in [-0.1, -0.05) is 0 Å². The zero-order valence-corrected chi connectivity index (χ0v) is 15.3. The smallest absolute Gasteiger partial charge is 0.451 e. The highest BCUT2D eigenvalue weighted by atomic mass is 35.5. The highest BCUT2D eigenvalue weighted by Crippen LogP contribution is 2.43. The van der Waals surface area contributed by atoms with Gasteiger partial charge >= 0.3 is 18.1 Å². The fraction of sp³-hybridized carbons (Fsp3) is 0.562. The number of alkyl halides is 7. The molecule has 1 unspecified atom stereocenters. The molecule has 1 atom stereocenters. The van der Waals surface area contributed by atoms with Crippen molar-refractivity contribution in [2.45, 2.75) is 37.7 Å². The van der Waals surface area contributed by atoms with Gasteiger partial charge in [0.1, 0.15) is 19.0 Å². The number of carbonyl (C=O) groups excluding carboxylic acids is 1. The Hall–Kier alpha value is -1.59. The van der Waals surface area contributed by atoms with Crippen LogP contribution in [0.25, 0.3) is 0 Å². The van der Waals surface area contributed by atoms with Crippen molar-refractivity contribution in [3.05, 3.63) is 29.8 Å². The summed E-state index contributed by atoms with van der Waals surface area (Å²) in [4.78, 5) is 10.9. The third-order valence-corrected chi connectivity index (χ3v) is 3.49. The highest BCUT2D eigenvalue weighted by molar-refractivity contribution is 6.67. The van der Waals surface area contributed by atoms with E-state index >= 15 is 0 Å². The maximum Gasteiger partial charge on any atom is 0.451 e. The van der Waals surface area contributed by atoms with E-state index in [0.29, 0.717) is 0 Å². The van der Waals surface area contributed by atoms with Crippen LogP contribution >= 0.6 is 11.6 Å². The second-order valence-corrected chi connectivity index (χ2v) is 6.36. The van der Waals surface area contributed by atoms with Gasteiger partial charge in [-0.25, -0.2) is 4.39 Å². The average molecular weight is 441 g/mol. The molecule has 0 N–H and O–H groups in total. The lowest BCUT2D eigenvalue weighted by Gasteiger charge is -2.34. The molecule has 0 aliphatic carbocycles. The van der Waals surface area contributed by atoms with Crippen LogP contribution in [0, 0.1) is 0 Å². The molecule has 160 valence electrons. The molecule has 4 nitrogen and oxygen atoms in total. The topological polar surface area (TPSA) is 44.8 Å². The molecule has 1 aromatic carbocycles. The van der Waals surface area contributed by atoms with Crippen molar-refractivity contribution in [3.63, 3.8) is 0 Å². The summed E-state index contributed by atoms with van der Waals surface area (Å²) in [5, 5.41) is -0.713. The van der Waals surface area contributed by atoms with Gasteiger partial charge in [0, 0.05) is 5.56 Å². The minimum atomic E-state index is -5.91. The summed E-state index contributed by atoms with van der Waals surface area (Å²) in [7, 11) is 0. The number of hydrogen-bond donors (Lipinski definition) is 0. The van der Waals surface area contributed by atoms with E-state index in [1.807, 2.05) is 0 Å². The molecule has 0 fully saturated rings. The predicted molar refractivity (Wildman–Crippen MR) is 84.1 cm³/mol. The van der Waals surface area contributed by atoms with Crippen LogP contribution in [0.2, 0.25) is 0 Å². The van der Waals surface area contributed by atoms with Crippen LogP contribution in [-0.2, 0) is 9.47 Å². The molecule has 0 aliphatic heterocycles. The Morgan fingerprint density at radius 3 is 1.93 bits per heavy atom. The lowest BCUT2D eigenvalue weighted by atomic mass is 10.1. The van der Waals surface area contributed by atoms with Crippen LogP contribution in [0.3, 0.4) is 0 Å². The second kappa shape index (κ2) is 8.83. The average Bonchev–Trinajstić information content (AvgIpc) is 2.52. The van der Waals surface area contributed by atoms with E-state index in [1.54, 1.807) is 0 Å². The standard InChI is InChI=1S/C16H16ClF7O4/c1-13(2,18)16(23,24)28-14(19,15(20,21)22)9-26-7-8-27-11-5-3-10(4-6-11)12(17)25/h3-6H,7-9H2,1-2H3. The fourth-order valence-electron chi connectivity index (χ4n) is 1.60. The number of hydrogen-bond acceptors (Lipinski definition) is 4. The lowest BCUT2D eigenvalue weighted by Crippen LogP contribution is -2.56. The molecule has 0 spiro atoms. The van der Waals surface area contributed by atoms with E-state index in [4.69, 9.17) is 16.3 Å². The maximum atomic E-state index is 14.0. The molecule has 0 aliphatic rings. The Bertz CT molecular complexity index is 658. The van der Waals surface area contributed by atoms with Gasteiger partial charge in [-0.05, 0) is 49.7 Å². The van der Waals surface area contributed by atoms with Crippen LogP contribution in [0.15, 0.2) is 24.3 Å². The van der Waals surface area contributed by atoms with Crippen molar-refractivity contribution in [1.29, 1.82) is 0 Å². The first kappa shape index (κ1) is 24.4. The Labute approximate surface area is 160 Å². The molecule has 0 heterocycles. The van der Waals surface area contributed by atoms with Gasteiger partial charge in [0.25, 0.3) is 5.24 Å². The summed E-state index contributed by atoms with van der Waals surface area (Å²) in [5.74, 6) is -4.75. The summed E-state index contributed by atoms with van der Waals surface area (Å²) in [6.45, 7) is -2.51. The van der Waals surface area contributed by atoms with Crippen LogP contribution in [0.5, 0.6) is 5.75 Å². The van der Waals surface area contributed by atoms with Crippen molar-refractivity contribution in [2.24, 2.45) is 0 Å². The van der Waals surface area contributed by atoms with E-state index in [1.165, 1.54) is 24.3 Å². The van der Waals surface area contributed by atoms with Crippen LogP contribution in [0.4, 0.5) is 30.7 Å². The number of carbonyl (C=O) groups is 1. The van der Waals surface area contributed by atoms with Crippen LogP contribution in [0.1, 0.15) is 24.2 Å². The van der Waals surface area contributed by atoms with Gasteiger partial charge in [-0.3, -0.25) is 9.53 Å². The number of rotatable bonds is 10. The first-order valence-corrected chi connectivity index (χ1v) is 8.00. The predicted octanol–water partition coefficient (Wildman–Crippen LogP) is 5.05. The minimum Gasteiger partial charge on any atom is -0.491 e. The van der Waals surface area contributed by atoms with Crippen LogP contribution < -0.4 is 4.74 Å². The summed E-state index contributed by atoms with van der Waals surface area (Å²) >= 11 is 5.24. The minimum absolute atomic E-state index is 0.173. The molecule has 0 aromatic heterocycles. The molecule has 0 amide bonds. The Balaban J connectivity index is 2.61. The summed E-state index contributed by atoms with van der Waals surface area (Å²) < 4.78 is 105. The van der Waals surface area contributed by atoms with Gasteiger partial charge in [-0.2, -0.15) is 26.3 Å². The fourth-order valence-corrected chi connectivity index (χ4v) is 1.72. The monoisotopic (exact) mass is 440 g/mol. The zero-order chi connectivity index (χ0) is 21.8. The first-order chi connectivity index (χ1) is 12.6. The number of benzene rings is 1. The normalized spacial score (nSPS) is 15.2. The molecule has 1 rings (SSSR count). The third kappa shape index (κ3) is 6.49. The van der Waals surface area contributed by atoms with E-state index in [9.17, 15) is 35.5 Å². The van der Waals surface area contributed by atoms with Gasteiger partial charge < -0.3 is 9.47 Å². The summed E-state index contributed by atoms with van der Waals surface area (Å²) in [5.41, 5.74) is -3.40. The Morgan fingerprint density at radius 2 is 1.50 bits per heavy atom. The second-order valence-electron chi connectivity index (χ2n) is 6.02. The molecule has 0 radical (unpaired) electrons. The van der Waals surface area contributed by atoms with Gasteiger partial charge in [-0.15, -0.1) is 0 Å². The van der Waals surface area contributed by atoms with Crippen molar-refractivity contribution < 1.29 is 49.7 Å². The molecule has 0 bridgehead atoms. The van der Waals surface area contributed by atoms with Gasteiger partial charge in [0.15, 0.2) is 5.67 Å². The van der Waals surface area contributed by atoms with Crippen molar-refractivity contribution in [2.75, 3.05) is 19.8 Å². The van der Waals surface area contributed by atoms with E-state index in [0.717, 1.165) is 0 Å². The SMILES string of the molecule is CC(C)(F)C(F)(F)OC(F)(COCCOc1ccc(C(=O)Cl)cc1)C(F)(F)F. The first-order valence-electron chi connectivity index (χ1n) is 7.62. The molecule has 28 heavy (non-hydrogen) atoms. The zero-order valence-electron chi connectivity index (χ0n) is 14.6. The van der Waals surface area contributed by atoms with Gasteiger partial charge in [0.05, 0.1) is 6.61 Å². The summed E-state index contributed by atoms with van der Waals surface area (Å²) in [6, 6.07) is 5.29. The van der Waals surface area contributed by atoms with Crippen LogP contribution in [-0.4, -0.2) is 48.9 Å². The number of halogens is 8. The Kier molecular flexibility index (Phi) is 7.71. The van der Waals surface area contributed by atoms with Gasteiger partial charge in [0.2, 0.25) is 0 Å². The van der Waals surface area contributed by atoms with E-state index < -0.39 is 42.3 Å². The third-order valence-electron chi connectivity index (χ3n) is 3.27. The summed E-state index contributed by atoms with van der Waals surface area (Å²) in [6.07, 6.45) is -11.0. The highest BCUT2D eigenvalue weighted by Gasteiger charge is 2.65. The van der Waals surface area contributed by atoms with Crippen molar-refractivity contribution >= 4 is 16.8 Å². The molecule has 12 heteroatoms. The molecule has 1 aromatic rings. The Morgan fingerprint density at radius 1 is 0.964 bits per heavy atom. The van der Waals surface area contributed by atoms with E-state index in [2.05, 4.69) is 9.47 Å². The molecular formula is C16H16ClF7O4. The molecule has 0 saturated heterocycles. The molecule has 0 saturated carbocycles. The molecular weight excluding hydrogens is 425 g/mol. The largest absolute Gasteiger partial charge is 0.491 e. The maximum absolute atomic E-state index is 14.0. The quantitative estimate of drug-likeness (QED) is 0.290. The van der Waals surface area contributed by atoms with Crippen molar-refractivity contribution in [1.82, 2.24) is 0 Å². The lowest BCUT2D eigenvalue weighted by molar-refractivity contribution is -0.439. The number of ether oxygens (including phenoxy) is 3. The van der Waals surface area contributed by atoms with Crippen molar-refractivity contribution in [3.8, 4) is 5.75 Å². The van der Waals surface area contributed by atoms with E-state index in [-0.39, 0.29) is 31.8 Å².